The number of para-hydroxylation sites is 1. The summed E-state index contributed by atoms with van der Waals surface area (Å²) in [5.74, 6) is -0.359. The quantitative estimate of drug-likeness (QED) is 0.444. The highest BCUT2D eigenvalue weighted by Crippen LogP contribution is 1.95. The van der Waals surface area contributed by atoms with Crippen LogP contribution in [0.3, 0.4) is 0 Å². The number of ether oxygens (including phenoxy) is 1. The Morgan fingerprint density at radius 2 is 2.07 bits per heavy atom. The number of anilines is 1. The average molecular weight is 193 g/mol. The normalized spacial score (nSPS) is 8.07. The molecule has 0 amide bonds. The zero-order valence-corrected chi connectivity index (χ0v) is 8.27. The summed E-state index contributed by atoms with van der Waals surface area (Å²) in [4.78, 5) is 10.1. The Hall–Kier alpha value is -1.77. The molecule has 0 aliphatic rings. The third kappa shape index (κ3) is 6.91. The molecule has 1 rings (SSSR count). The standard InChI is InChI=1S/C6H7N.C5H8O2/c7-6-4-2-1-3-5-6;1-3-5(6)7-4-2/h1-5H,7H2;3H,1,4H2,2H3. The van der Waals surface area contributed by atoms with Crippen LogP contribution in [0.5, 0.6) is 0 Å². The molecule has 14 heavy (non-hydrogen) atoms. The third-order valence-corrected chi connectivity index (χ3v) is 1.25. The number of carbonyl (C=O) groups excluding carboxylic acids is 1. The number of nitrogens with two attached hydrogens (primary N) is 1. The lowest BCUT2D eigenvalue weighted by molar-refractivity contribution is -0.137. The van der Waals surface area contributed by atoms with Gasteiger partial charge in [0, 0.05) is 11.8 Å². The highest BCUT2D eigenvalue weighted by atomic mass is 16.5. The molecule has 0 spiro atoms. The summed E-state index contributed by atoms with van der Waals surface area (Å²) < 4.78 is 4.43. The van der Waals surface area contributed by atoms with Crippen LogP contribution in [0.1, 0.15) is 6.92 Å². The molecule has 0 saturated heterocycles. The van der Waals surface area contributed by atoms with E-state index in [2.05, 4.69) is 11.3 Å². The molecule has 3 nitrogen and oxygen atoms in total. The Balaban J connectivity index is 0.000000241. The van der Waals surface area contributed by atoms with Gasteiger partial charge in [-0.25, -0.2) is 4.79 Å². The first kappa shape index (κ1) is 12.2. The van der Waals surface area contributed by atoms with Gasteiger partial charge in [0.15, 0.2) is 0 Å². The summed E-state index contributed by atoms with van der Waals surface area (Å²) in [7, 11) is 0. The Bertz CT molecular complexity index is 270. The predicted octanol–water partition coefficient (Wildman–Crippen LogP) is 2.00. The van der Waals surface area contributed by atoms with Crippen LogP contribution < -0.4 is 5.73 Å². The van der Waals surface area contributed by atoms with E-state index < -0.39 is 0 Å². The minimum atomic E-state index is -0.359. The molecular formula is C11H15NO2. The molecule has 0 atom stereocenters. The summed E-state index contributed by atoms with van der Waals surface area (Å²) in [5, 5.41) is 0. The number of hydrogen-bond acceptors (Lipinski definition) is 3. The van der Waals surface area contributed by atoms with Gasteiger partial charge in [0.25, 0.3) is 0 Å². The highest BCUT2D eigenvalue weighted by molar-refractivity contribution is 5.81. The summed E-state index contributed by atoms with van der Waals surface area (Å²) in [6.07, 6.45) is 1.14. The Labute approximate surface area is 84.2 Å². The number of esters is 1. The Morgan fingerprint density at radius 1 is 1.50 bits per heavy atom. The van der Waals surface area contributed by atoms with Crippen molar-refractivity contribution in [2.45, 2.75) is 6.92 Å². The van der Waals surface area contributed by atoms with Crippen molar-refractivity contribution in [3.8, 4) is 0 Å². The van der Waals surface area contributed by atoms with Crippen LogP contribution in [-0.4, -0.2) is 12.6 Å². The molecule has 1 aromatic carbocycles. The molecule has 1 aromatic rings. The second kappa shape index (κ2) is 7.86. The molecule has 3 heteroatoms. The Morgan fingerprint density at radius 3 is 2.29 bits per heavy atom. The van der Waals surface area contributed by atoms with E-state index in [1.54, 1.807) is 6.92 Å². The lowest BCUT2D eigenvalue weighted by Crippen LogP contribution is -1.97. The van der Waals surface area contributed by atoms with Gasteiger partial charge in [-0.2, -0.15) is 0 Å². The smallest absolute Gasteiger partial charge is 0.330 e. The van der Waals surface area contributed by atoms with Gasteiger partial charge in [-0.1, -0.05) is 24.8 Å². The molecule has 0 aliphatic carbocycles. The fourth-order valence-corrected chi connectivity index (χ4v) is 0.654. The average Bonchev–Trinajstić information content (AvgIpc) is 2.20. The number of benzene rings is 1. The SMILES string of the molecule is C=CC(=O)OCC.Nc1ccccc1. The van der Waals surface area contributed by atoms with Crippen LogP contribution in [0.4, 0.5) is 5.69 Å². The van der Waals surface area contributed by atoms with Crippen LogP contribution in [0, 0.1) is 0 Å². The summed E-state index contributed by atoms with van der Waals surface area (Å²) >= 11 is 0. The minimum absolute atomic E-state index is 0.359. The molecule has 0 bridgehead atoms. The van der Waals surface area contributed by atoms with Gasteiger partial charge >= 0.3 is 5.97 Å². The van der Waals surface area contributed by atoms with Crippen molar-refractivity contribution in [3.63, 3.8) is 0 Å². The zero-order valence-electron chi connectivity index (χ0n) is 8.27. The number of hydrogen-bond donors (Lipinski definition) is 1. The molecule has 0 radical (unpaired) electrons. The van der Waals surface area contributed by atoms with Gasteiger partial charge in [0.05, 0.1) is 6.61 Å². The largest absolute Gasteiger partial charge is 0.463 e. The van der Waals surface area contributed by atoms with E-state index in [0.29, 0.717) is 6.61 Å². The van der Waals surface area contributed by atoms with Crippen molar-refractivity contribution in [1.29, 1.82) is 0 Å². The topological polar surface area (TPSA) is 52.3 Å². The van der Waals surface area contributed by atoms with Crippen molar-refractivity contribution in [1.82, 2.24) is 0 Å². The van der Waals surface area contributed by atoms with E-state index in [4.69, 9.17) is 5.73 Å². The molecule has 0 fully saturated rings. The van der Waals surface area contributed by atoms with Crippen molar-refractivity contribution in [2.24, 2.45) is 0 Å². The number of rotatable bonds is 2. The third-order valence-electron chi connectivity index (χ3n) is 1.25. The highest BCUT2D eigenvalue weighted by Gasteiger charge is 1.86. The van der Waals surface area contributed by atoms with Crippen LogP contribution >= 0.6 is 0 Å². The molecule has 0 aliphatic heterocycles. The zero-order chi connectivity index (χ0) is 10.8. The number of carbonyl (C=O) groups is 1. The van der Waals surface area contributed by atoms with E-state index >= 15 is 0 Å². The predicted molar refractivity (Wildman–Crippen MR) is 57.7 cm³/mol. The summed E-state index contributed by atoms with van der Waals surface area (Å²) in [6, 6.07) is 9.49. The van der Waals surface area contributed by atoms with Gasteiger partial charge in [0.1, 0.15) is 0 Å². The van der Waals surface area contributed by atoms with E-state index in [1.165, 1.54) is 0 Å². The second-order valence-corrected chi connectivity index (χ2v) is 2.37. The minimum Gasteiger partial charge on any atom is -0.463 e. The Kier molecular flexibility index (Phi) is 6.86. The van der Waals surface area contributed by atoms with Gasteiger partial charge < -0.3 is 10.5 Å². The van der Waals surface area contributed by atoms with E-state index in [9.17, 15) is 4.79 Å². The molecule has 2 N–H and O–H groups in total. The fourth-order valence-electron chi connectivity index (χ4n) is 0.654. The van der Waals surface area contributed by atoms with Crippen molar-refractivity contribution < 1.29 is 9.53 Å². The summed E-state index contributed by atoms with van der Waals surface area (Å²) in [5.41, 5.74) is 6.18. The summed E-state index contributed by atoms with van der Waals surface area (Å²) in [6.45, 7) is 5.38. The van der Waals surface area contributed by atoms with Crippen molar-refractivity contribution in [2.75, 3.05) is 12.3 Å². The van der Waals surface area contributed by atoms with Crippen LogP contribution in [0.2, 0.25) is 0 Å². The molecule has 0 aromatic heterocycles. The first-order chi connectivity index (χ1) is 6.70. The molecule has 0 unspecified atom stereocenters. The van der Waals surface area contributed by atoms with E-state index in [1.807, 2.05) is 30.3 Å². The molecular weight excluding hydrogens is 178 g/mol. The van der Waals surface area contributed by atoms with Gasteiger partial charge in [0.2, 0.25) is 0 Å². The van der Waals surface area contributed by atoms with Crippen LogP contribution in [0.15, 0.2) is 43.0 Å². The number of nitrogen functional groups attached to an aromatic ring is 1. The fraction of sp³-hybridized carbons (Fsp3) is 0.182. The lowest BCUT2D eigenvalue weighted by atomic mass is 10.3. The maximum atomic E-state index is 10.1. The van der Waals surface area contributed by atoms with Gasteiger partial charge in [-0.15, -0.1) is 0 Å². The van der Waals surface area contributed by atoms with Crippen molar-refractivity contribution >= 4 is 11.7 Å². The maximum absolute atomic E-state index is 10.1. The first-order valence-electron chi connectivity index (χ1n) is 4.30. The van der Waals surface area contributed by atoms with Gasteiger partial charge in [-0.3, -0.25) is 0 Å². The maximum Gasteiger partial charge on any atom is 0.330 e. The first-order valence-corrected chi connectivity index (χ1v) is 4.30. The van der Waals surface area contributed by atoms with Crippen LogP contribution in [-0.2, 0) is 9.53 Å². The molecule has 0 heterocycles. The lowest BCUT2D eigenvalue weighted by Gasteiger charge is -1.90. The van der Waals surface area contributed by atoms with Crippen molar-refractivity contribution in [3.05, 3.63) is 43.0 Å². The molecule has 76 valence electrons. The van der Waals surface area contributed by atoms with E-state index in [0.717, 1.165) is 11.8 Å². The monoisotopic (exact) mass is 193 g/mol. The molecule has 0 saturated carbocycles. The van der Waals surface area contributed by atoms with E-state index in [-0.39, 0.29) is 5.97 Å². The van der Waals surface area contributed by atoms with Crippen LogP contribution in [0.25, 0.3) is 0 Å². The second-order valence-electron chi connectivity index (χ2n) is 2.37. The van der Waals surface area contributed by atoms with Gasteiger partial charge in [-0.05, 0) is 19.1 Å².